The highest BCUT2D eigenvalue weighted by Gasteiger charge is 2.16. The molecule has 102 valence electrons. The van der Waals surface area contributed by atoms with Gasteiger partial charge < -0.3 is 10.3 Å². The maximum atomic E-state index is 12.3. The number of thiophene rings is 1. The summed E-state index contributed by atoms with van der Waals surface area (Å²) in [6.07, 6.45) is 6.81. The van der Waals surface area contributed by atoms with Gasteiger partial charge in [0.05, 0.1) is 21.8 Å². The van der Waals surface area contributed by atoms with Crippen molar-refractivity contribution in [3.05, 3.63) is 46.8 Å². The molecule has 0 saturated carbocycles. The average Bonchev–Trinajstić information content (AvgIpc) is 3.09. The molecule has 0 aliphatic rings. The fourth-order valence-corrected chi connectivity index (χ4v) is 2.97. The number of halogens is 1. The fraction of sp³-hybridized carbons (Fsp3) is 0.0769. The van der Waals surface area contributed by atoms with Gasteiger partial charge in [-0.1, -0.05) is 11.6 Å². The zero-order chi connectivity index (χ0) is 14.1. The largest absolute Gasteiger partial charge is 0.366 e. The highest BCUT2D eigenvalue weighted by atomic mass is 35.5. The molecule has 0 aliphatic heterocycles. The van der Waals surface area contributed by atoms with Crippen molar-refractivity contribution in [2.24, 2.45) is 7.05 Å². The quantitative estimate of drug-likeness (QED) is 0.779. The molecule has 0 aromatic carbocycles. The Morgan fingerprint density at radius 3 is 2.95 bits per heavy atom. The number of nitrogens with zero attached hydrogens (tertiary/aromatic N) is 2. The zero-order valence-corrected chi connectivity index (χ0v) is 12.1. The van der Waals surface area contributed by atoms with Crippen LogP contribution in [0.25, 0.3) is 10.4 Å². The van der Waals surface area contributed by atoms with Gasteiger partial charge in [-0.15, -0.1) is 11.3 Å². The Hall–Kier alpha value is -2.05. The standard InChI is InChI=1S/C13H11ClN4OS/c1-18-7-8(4-16-18)17-13(19)10-6-15-5-9(10)11-2-3-12(14)20-11/h2-7,15H,1H3,(H,17,19). The predicted octanol–water partition coefficient (Wildman–Crippen LogP) is 3.38. The van der Waals surface area contributed by atoms with Gasteiger partial charge in [-0.05, 0) is 12.1 Å². The molecule has 0 bridgehead atoms. The number of hydrogen-bond donors (Lipinski definition) is 2. The number of hydrogen-bond acceptors (Lipinski definition) is 3. The lowest BCUT2D eigenvalue weighted by Gasteiger charge is -2.02. The summed E-state index contributed by atoms with van der Waals surface area (Å²) >= 11 is 7.37. The minimum absolute atomic E-state index is 0.182. The molecular formula is C13H11ClN4OS. The molecule has 5 nitrogen and oxygen atoms in total. The maximum absolute atomic E-state index is 12.3. The molecule has 0 radical (unpaired) electrons. The summed E-state index contributed by atoms with van der Waals surface area (Å²) in [5.41, 5.74) is 2.07. The summed E-state index contributed by atoms with van der Waals surface area (Å²) in [5, 5.41) is 6.83. The number of H-pyrrole nitrogens is 1. The van der Waals surface area contributed by atoms with Crippen LogP contribution in [0.5, 0.6) is 0 Å². The average molecular weight is 307 g/mol. The number of rotatable bonds is 3. The van der Waals surface area contributed by atoms with Crippen LogP contribution in [0.1, 0.15) is 10.4 Å². The molecule has 0 saturated heterocycles. The molecule has 2 N–H and O–H groups in total. The first-order valence-electron chi connectivity index (χ1n) is 5.86. The molecule has 0 spiro atoms. The monoisotopic (exact) mass is 306 g/mol. The summed E-state index contributed by atoms with van der Waals surface area (Å²) in [7, 11) is 1.80. The topological polar surface area (TPSA) is 62.7 Å². The van der Waals surface area contributed by atoms with Crippen molar-refractivity contribution in [2.75, 3.05) is 5.32 Å². The van der Waals surface area contributed by atoms with Gasteiger partial charge in [-0.25, -0.2) is 0 Å². The first-order valence-corrected chi connectivity index (χ1v) is 7.05. The van der Waals surface area contributed by atoms with E-state index < -0.39 is 0 Å². The number of anilines is 1. The Bertz CT molecular complexity index is 758. The summed E-state index contributed by atoms with van der Waals surface area (Å²) in [6, 6.07) is 3.72. The van der Waals surface area contributed by atoms with E-state index in [2.05, 4.69) is 15.4 Å². The second kappa shape index (κ2) is 5.15. The molecule has 20 heavy (non-hydrogen) atoms. The van der Waals surface area contributed by atoms with Crippen molar-refractivity contribution in [3.63, 3.8) is 0 Å². The first-order chi connectivity index (χ1) is 9.63. The first kappa shape index (κ1) is 13.0. The number of amides is 1. The van der Waals surface area contributed by atoms with Crippen LogP contribution in [-0.4, -0.2) is 20.7 Å². The summed E-state index contributed by atoms with van der Waals surface area (Å²) in [5.74, 6) is -0.182. The number of carbonyl (C=O) groups is 1. The lowest BCUT2D eigenvalue weighted by atomic mass is 10.1. The lowest BCUT2D eigenvalue weighted by Crippen LogP contribution is -2.11. The molecule has 3 aromatic heterocycles. The van der Waals surface area contributed by atoms with Crippen molar-refractivity contribution in [3.8, 4) is 10.4 Å². The number of carbonyl (C=O) groups excluding carboxylic acids is 1. The molecule has 3 aromatic rings. The molecular weight excluding hydrogens is 296 g/mol. The van der Waals surface area contributed by atoms with Gasteiger partial charge in [0.1, 0.15) is 0 Å². The smallest absolute Gasteiger partial charge is 0.257 e. The van der Waals surface area contributed by atoms with Gasteiger partial charge in [0.15, 0.2) is 0 Å². The number of nitrogens with one attached hydrogen (secondary N) is 2. The van der Waals surface area contributed by atoms with Gasteiger partial charge in [-0.2, -0.15) is 5.10 Å². The molecule has 0 unspecified atom stereocenters. The highest BCUT2D eigenvalue weighted by molar-refractivity contribution is 7.19. The van der Waals surface area contributed by atoms with E-state index in [-0.39, 0.29) is 5.91 Å². The Morgan fingerprint density at radius 1 is 1.45 bits per heavy atom. The third kappa shape index (κ3) is 2.48. The van der Waals surface area contributed by atoms with Crippen molar-refractivity contribution in [1.82, 2.24) is 14.8 Å². The predicted molar refractivity (Wildman–Crippen MR) is 80.3 cm³/mol. The van der Waals surface area contributed by atoms with Gasteiger partial charge in [0, 0.05) is 36.1 Å². The Kier molecular flexibility index (Phi) is 3.33. The lowest BCUT2D eigenvalue weighted by molar-refractivity contribution is 0.102. The van der Waals surface area contributed by atoms with Gasteiger partial charge in [-0.3, -0.25) is 9.48 Å². The second-order valence-electron chi connectivity index (χ2n) is 4.24. The van der Waals surface area contributed by atoms with E-state index in [9.17, 15) is 4.79 Å². The molecule has 3 heterocycles. The zero-order valence-electron chi connectivity index (χ0n) is 10.6. The van der Waals surface area contributed by atoms with Crippen LogP contribution in [-0.2, 0) is 7.05 Å². The third-order valence-corrected chi connectivity index (χ3v) is 4.06. The Balaban J connectivity index is 1.87. The summed E-state index contributed by atoms with van der Waals surface area (Å²) in [6.45, 7) is 0. The van der Waals surface area contributed by atoms with E-state index in [1.54, 1.807) is 36.5 Å². The summed E-state index contributed by atoms with van der Waals surface area (Å²) < 4.78 is 2.33. The summed E-state index contributed by atoms with van der Waals surface area (Å²) in [4.78, 5) is 16.2. The Morgan fingerprint density at radius 2 is 2.30 bits per heavy atom. The molecule has 0 aliphatic carbocycles. The van der Waals surface area contributed by atoms with Crippen molar-refractivity contribution in [2.45, 2.75) is 0 Å². The number of aryl methyl sites for hydroxylation is 1. The molecule has 0 atom stereocenters. The van der Waals surface area contributed by atoms with Crippen LogP contribution < -0.4 is 5.32 Å². The van der Waals surface area contributed by atoms with Crippen LogP contribution in [0.15, 0.2) is 36.9 Å². The number of aromatic amines is 1. The van der Waals surface area contributed by atoms with Gasteiger partial charge >= 0.3 is 0 Å². The van der Waals surface area contributed by atoms with E-state index in [0.717, 1.165) is 10.4 Å². The normalized spacial score (nSPS) is 10.7. The highest BCUT2D eigenvalue weighted by Crippen LogP contribution is 2.33. The van der Waals surface area contributed by atoms with E-state index in [1.807, 2.05) is 12.1 Å². The second-order valence-corrected chi connectivity index (χ2v) is 5.96. The van der Waals surface area contributed by atoms with Crippen molar-refractivity contribution in [1.29, 1.82) is 0 Å². The third-order valence-electron chi connectivity index (χ3n) is 2.79. The fourth-order valence-electron chi connectivity index (χ4n) is 1.90. The van der Waals surface area contributed by atoms with E-state index in [0.29, 0.717) is 15.6 Å². The van der Waals surface area contributed by atoms with Crippen LogP contribution in [0.2, 0.25) is 4.34 Å². The van der Waals surface area contributed by atoms with Crippen LogP contribution in [0, 0.1) is 0 Å². The molecule has 1 amide bonds. The van der Waals surface area contributed by atoms with E-state index in [4.69, 9.17) is 11.6 Å². The van der Waals surface area contributed by atoms with Gasteiger partial charge in [0.2, 0.25) is 0 Å². The maximum Gasteiger partial charge on any atom is 0.257 e. The minimum atomic E-state index is -0.182. The number of aromatic nitrogens is 3. The van der Waals surface area contributed by atoms with Crippen LogP contribution >= 0.6 is 22.9 Å². The van der Waals surface area contributed by atoms with E-state index >= 15 is 0 Å². The van der Waals surface area contributed by atoms with E-state index in [1.165, 1.54) is 11.3 Å². The van der Waals surface area contributed by atoms with Crippen molar-refractivity contribution < 1.29 is 4.79 Å². The molecule has 7 heteroatoms. The van der Waals surface area contributed by atoms with Gasteiger partial charge in [0.25, 0.3) is 5.91 Å². The van der Waals surface area contributed by atoms with Crippen LogP contribution in [0.4, 0.5) is 5.69 Å². The molecule has 0 fully saturated rings. The van der Waals surface area contributed by atoms with Crippen molar-refractivity contribution >= 4 is 34.5 Å². The minimum Gasteiger partial charge on any atom is -0.366 e. The molecule has 3 rings (SSSR count). The van der Waals surface area contributed by atoms with Crippen LogP contribution in [0.3, 0.4) is 0 Å². The Labute approximate surface area is 124 Å². The SMILES string of the molecule is Cn1cc(NC(=O)c2c[nH]cc2-c2ccc(Cl)s2)cn1.